The number of nitrogens with zero attached hydrogens (tertiary/aromatic N) is 2. The van der Waals surface area contributed by atoms with E-state index in [1.54, 1.807) is 6.07 Å². The van der Waals surface area contributed by atoms with Crippen molar-refractivity contribution < 1.29 is 4.39 Å². The van der Waals surface area contributed by atoms with Crippen LogP contribution in [0, 0.1) is 11.7 Å². The third-order valence-corrected chi connectivity index (χ3v) is 4.48. The lowest BCUT2D eigenvalue weighted by Gasteiger charge is -2.16. The molecule has 0 amide bonds. The molecule has 1 unspecified atom stereocenters. The summed E-state index contributed by atoms with van der Waals surface area (Å²) in [5.41, 5.74) is 1.64. The molecular formula is C13H13BrClFN2. The number of fused-ring (bicyclic) bond motifs is 1. The lowest BCUT2D eigenvalue weighted by Crippen LogP contribution is -2.10. The van der Waals surface area contributed by atoms with E-state index in [1.807, 2.05) is 0 Å². The predicted octanol–water partition coefficient (Wildman–Crippen LogP) is 4.65. The molecule has 18 heavy (non-hydrogen) atoms. The largest absolute Gasteiger partial charge is 0.324 e. The van der Waals surface area contributed by atoms with Crippen LogP contribution in [0.3, 0.4) is 0 Å². The first-order valence-electron chi connectivity index (χ1n) is 6.03. The topological polar surface area (TPSA) is 17.8 Å². The van der Waals surface area contributed by atoms with Crippen LogP contribution in [-0.4, -0.2) is 9.55 Å². The van der Waals surface area contributed by atoms with Crippen molar-refractivity contribution in [3.05, 3.63) is 28.2 Å². The zero-order chi connectivity index (χ0) is 12.9. The molecule has 1 aromatic carbocycles. The molecule has 2 nitrogen and oxygen atoms in total. The number of halogens is 3. The first-order valence-corrected chi connectivity index (χ1v) is 7.36. The second-order valence-corrected chi connectivity index (χ2v) is 5.99. The Balaban J connectivity index is 2.22. The maximum absolute atomic E-state index is 13.5. The average Bonchev–Trinajstić information content (AvgIpc) is 3.12. The van der Waals surface area contributed by atoms with Crippen LogP contribution in [0.4, 0.5) is 4.39 Å². The van der Waals surface area contributed by atoms with Gasteiger partial charge in [-0.3, -0.25) is 0 Å². The smallest absolute Gasteiger partial charge is 0.139 e. The van der Waals surface area contributed by atoms with Gasteiger partial charge in [-0.15, -0.1) is 11.6 Å². The van der Waals surface area contributed by atoms with Gasteiger partial charge in [0.2, 0.25) is 0 Å². The van der Waals surface area contributed by atoms with Crippen molar-refractivity contribution in [1.82, 2.24) is 9.55 Å². The molecule has 1 aliphatic carbocycles. The van der Waals surface area contributed by atoms with E-state index < -0.39 is 0 Å². The highest BCUT2D eigenvalue weighted by Crippen LogP contribution is 2.41. The maximum Gasteiger partial charge on any atom is 0.139 e. The van der Waals surface area contributed by atoms with Crippen LogP contribution in [0.25, 0.3) is 11.0 Å². The molecule has 0 spiro atoms. The fraction of sp³-hybridized carbons (Fsp3) is 0.462. The van der Waals surface area contributed by atoms with Gasteiger partial charge < -0.3 is 4.57 Å². The number of rotatable bonds is 3. The molecule has 3 rings (SSSR count). The Kier molecular flexibility index (Phi) is 3.10. The Morgan fingerprint density at radius 1 is 1.56 bits per heavy atom. The summed E-state index contributed by atoms with van der Waals surface area (Å²) < 4.78 is 16.2. The van der Waals surface area contributed by atoms with E-state index in [0.29, 0.717) is 27.8 Å². The molecule has 0 radical (unpaired) electrons. The highest BCUT2D eigenvalue weighted by molar-refractivity contribution is 9.10. The molecule has 0 aliphatic heterocycles. The normalized spacial score (nSPS) is 17.3. The van der Waals surface area contributed by atoms with Gasteiger partial charge in [-0.05, 0) is 47.7 Å². The SMILES string of the molecule is CC(C1CC1)n1c(CCl)nc2cc(F)c(Br)cc21. The zero-order valence-corrected chi connectivity index (χ0v) is 12.3. The summed E-state index contributed by atoms with van der Waals surface area (Å²) in [4.78, 5) is 4.43. The lowest BCUT2D eigenvalue weighted by molar-refractivity contribution is 0.485. The second-order valence-electron chi connectivity index (χ2n) is 4.86. The van der Waals surface area contributed by atoms with Gasteiger partial charge in [-0.1, -0.05) is 0 Å². The number of benzene rings is 1. The standard InChI is InChI=1S/C13H13BrClFN2/c1-7(8-2-3-8)18-12-4-9(14)10(16)5-11(12)17-13(18)6-15/h4-5,7-8H,2-3,6H2,1H3. The summed E-state index contributed by atoms with van der Waals surface area (Å²) in [5, 5.41) is 0. The quantitative estimate of drug-likeness (QED) is 0.749. The minimum absolute atomic E-state index is 0.285. The molecule has 1 atom stereocenters. The average molecular weight is 332 g/mol. The zero-order valence-electron chi connectivity index (χ0n) is 9.96. The highest BCUT2D eigenvalue weighted by atomic mass is 79.9. The summed E-state index contributed by atoms with van der Waals surface area (Å²) in [6, 6.07) is 3.64. The van der Waals surface area contributed by atoms with Crippen molar-refractivity contribution in [2.45, 2.75) is 31.7 Å². The van der Waals surface area contributed by atoms with Gasteiger partial charge in [-0.2, -0.15) is 0 Å². The molecule has 0 saturated heterocycles. The Labute approximate surface area is 118 Å². The van der Waals surface area contributed by atoms with Gasteiger partial charge in [0, 0.05) is 12.1 Å². The molecule has 2 aromatic rings. The van der Waals surface area contributed by atoms with Gasteiger partial charge in [0.25, 0.3) is 0 Å². The van der Waals surface area contributed by atoms with E-state index in [0.717, 1.165) is 11.3 Å². The van der Waals surface area contributed by atoms with E-state index >= 15 is 0 Å². The van der Waals surface area contributed by atoms with E-state index in [2.05, 4.69) is 32.4 Å². The van der Waals surface area contributed by atoms with E-state index in [9.17, 15) is 4.39 Å². The molecule has 1 saturated carbocycles. The van der Waals surface area contributed by atoms with Crippen LogP contribution in [0.1, 0.15) is 31.6 Å². The first kappa shape index (κ1) is 12.4. The summed E-state index contributed by atoms with van der Waals surface area (Å²) in [6.45, 7) is 2.19. The molecule has 1 aliphatic rings. The minimum Gasteiger partial charge on any atom is -0.324 e. The van der Waals surface area contributed by atoms with E-state index in [4.69, 9.17) is 11.6 Å². The van der Waals surface area contributed by atoms with Crippen LogP contribution in [0.2, 0.25) is 0 Å². The lowest BCUT2D eigenvalue weighted by atomic mass is 10.2. The third-order valence-electron chi connectivity index (χ3n) is 3.64. The van der Waals surface area contributed by atoms with Crippen molar-refractivity contribution in [1.29, 1.82) is 0 Å². The summed E-state index contributed by atoms with van der Waals surface area (Å²) in [7, 11) is 0. The van der Waals surface area contributed by atoms with Crippen molar-refractivity contribution in [3.8, 4) is 0 Å². The number of hydrogen-bond donors (Lipinski definition) is 0. The van der Waals surface area contributed by atoms with Crippen molar-refractivity contribution in [2.75, 3.05) is 0 Å². The monoisotopic (exact) mass is 330 g/mol. The fourth-order valence-electron chi connectivity index (χ4n) is 2.48. The van der Waals surface area contributed by atoms with E-state index in [1.165, 1.54) is 18.9 Å². The van der Waals surface area contributed by atoms with Crippen LogP contribution in [-0.2, 0) is 5.88 Å². The van der Waals surface area contributed by atoms with Gasteiger partial charge in [0.15, 0.2) is 0 Å². The van der Waals surface area contributed by atoms with Crippen molar-refractivity contribution in [2.24, 2.45) is 5.92 Å². The minimum atomic E-state index is -0.285. The molecule has 5 heteroatoms. The maximum atomic E-state index is 13.5. The first-order chi connectivity index (χ1) is 8.61. The number of aromatic nitrogens is 2. The van der Waals surface area contributed by atoms with Crippen LogP contribution in [0.15, 0.2) is 16.6 Å². The third kappa shape index (κ3) is 1.95. The van der Waals surface area contributed by atoms with Gasteiger partial charge in [0.05, 0.1) is 21.4 Å². The Morgan fingerprint density at radius 2 is 2.28 bits per heavy atom. The molecule has 1 fully saturated rings. The molecule has 1 aromatic heterocycles. The summed E-state index contributed by atoms with van der Waals surface area (Å²) in [5.74, 6) is 1.59. The van der Waals surface area contributed by atoms with Gasteiger partial charge in [-0.25, -0.2) is 9.37 Å². The molecule has 0 bridgehead atoms. The van der Waals surface area contributed by atoms with Gasteiger partial charge >= 0.3 is 0 Å². The van der Waals surface area contributed by atoms with Crippen molar-refractivity contribution in [3.63, 3.8) is 0 Å². The van der Waals surface area contributed by atoms with E-state index in [-0.39, 0.29) is 5.82 Å². The Bertz CT molecular complexity index is 607. The number of alkyl halides is 1. The van der Waals surface area contributed by atoms with Crippen LogP contribution in [0.5, 0.6) is 0 Å². The molecule has 96 valence electrons. The summed E-state index contributed by atoms with van der Waals surface area (Å²) in [6.07, 6.45) is 2.51. The van der Waals surface area contributed by atoms with Crippen LogP contribution < -0.4 is 0 Å². The molecule has 0 N–H and O–H groups in total. The molecular weight excluding hydrogens is 319 g/mol. The number of imidazole rings is 1. The highest BCUT2D eigenvalue weighted by Gasteiger charge is 2.31. The van der Waals surface area contributed by atoms with Gasteiger partial charge in [0.1, 0.15) is 11.6 Å². The number of hydrogen-bond acceptors (Lipinski definition) is 1. The summed E-state index contributed by atoms with van der Waals surface area (Å²) >= 11 is 9.20. The van der Waals surface area contributed by atoms with Crippen molar-refractivity contribution >= 4 is 38.6 Å². The van der Waals surface area contributed by atoms with Crippen LogP contribution >= 0.6 is 27.5 Å². The predicted molar refractivity (Wildman–Crippen MR) is 74.4 cm³/mol. The fourth-order valence-corrected chi connectivity index (χ4v) is 3.00. The second kappa shape index (κ2) is 4.49. The molecule has 1 heterocycles. The Morgan fingerprint density at radius 3 is 2.89 bits per heavy atom. The Hall–Kier alpha value is -0.610.